The maximum atomic E-state index is 13.1. The minimum absolute atomic E-state index is 0.0382. The number of amides is 1. The smallest absolute Gasteiger partial charge is 0.423 e. The minimum Gasteiger partial charge on any atom is -0.423 e. The highest BCUT2D eigenvalue weighted by Crippen LogP contribution is 2.27. The number of ether oxygens (including phenoxy) is 1. The summed E-state index contributed by atoms with van der Waals surface area (Å²) in [5, 5.41) is 20.3. The van der Waals surface area contributed by atoms with Crippen LogP contribution in [-0.4, -0.2) is 29.4 Å². The van der Waals surface area contributed by atoms with Crippen molar-refractivity contribution in [3.05, 3.63) is 59.4 Å². The van der Waals surface area contributed by atoms with Crippen molar-refractivity contribution in [2.75, 3.05) is 0 Å². The molecule has 25 heavy (non-hydrogen) atoms. The molecule has 132 valence electrons. The van der Waals surface area contributed by atoms with E-state index in [0.29, 0.717) is 11.6 Å². The molecule has 0 saturated carbocycles. The van der Waals surface area contributed by atoms with Crippen LogP contribution in [0.25, 0.3) is 0 Å². The first-order valence-corrected chi connectivity index (χ1v) is 6.94. The number of carbonyl (C=O) groups excluding carboxylic acids is 1. The largest absolute Gasteiger partial charge is 0.573 e. The summed E-state index contributed by atoms with van der Waals surface area (Å²) in [6.45, 7) is -0.0382. The second-order valence-corrected chi connectivity index (χ2v) is 4.99. The van der Waals surface area contributed by atoms with Gasteiger partial charge in [-0.1, -0.05) is 24.3 Å². The zero-order valence-electron chi connectivity index (χ0n) is 12.5. The van der Waals surface area contributed by atoms with E-state index in [4.69, 9.17) is 10.0 Å². The first-order valence-electron chi connectivity index (χ1n) is 6.94. The zero-order chi connectivity index (χ0) is 18.6. The molecule has 0 aliphatic rings. The molecule has 0 spiro atoms. The van der Waals surface area contributed by atoms with Gasteiger partial charge in [0.25, 0.3) is 5.91 Å². The molecule has 0 bridgehead atoms. The second-order valence-electron chi connectivity index (χ2n) is 4.99. The average Bonchev–Trinajstić information content (AvgIpc) is 2.51. The van der Waals surface area contributed by atoms with E-state index < -0.39 is 36.5 Å². The fourth-order valence-electron chi connectivity index (χ4n) is 1.98. The topological polar surface area (TPSA) is 78.8 Å². The first-order chi connectivity index (χ1) is 11.7. The predicted octanol–water partition coefficient (Wildman–Crippen LogP) is 1.33. The van der Waals surface area contributed by atoms with Gasteiger partial charge in [0.2, 0.25) is 0 Å². The van der Waals surface area contributed by atoms with Gasteiger partial charge in [0.1, 0.15) is 11.6 Å². The summed E-state index contributed by atoms with van der Waals surface area (Å²) in [6, 6.07) is 8.05. The van der Waals surface area contributed by atoms with Crippen molar-refractivity contribution in [1.82, 2.24) is 5.32 Å². The van der Waals surface area contributed by atoms with E-state index in [9.17, 15) is 22.4 Å². The Morgan fingerprint density at radius 2 is 1.76 bits per heavy atom. The molecule has 0 saturated heterocycles. The summed E-state index contributed by atoms with van der Waals surface area (Å²) in [4.78, 5) is 12.1. The van der Waals surface area contributed by atoms with E-state index in [0.717, 1.165) is 12.1 Å². The average molecular weight is 357 g/mol. The summed E-state index contributed by atoms with van der Waals surface area (Å²) >= 11 is 0. The number of rotatable bonds is 5. The van der Waals surface area contributed by atoms with Crippen LogP contribution >= 0.6 is 0 Å². The molecule has 0 atom stereocenters. The Morgan fingerprint density at radius 1 is 1.12 bits per heavy atom. The van der Waals surface area contributed by atoms with Crippen molar-refractivity contribution >= 4 is 18.5 Å². The number of nitrogens with one attached hydrogen (secondary N) is 1. The fourth-order valence-corrected chi connectivity index (χ4v) is 1.98. The molecule has 5 nitrogen and oxygen atoms in total. The maximum absolute atomic E-state index is 13.1. The summed E-state index contributed by atoms with van der Waals surface area (Å²) in [7, 11) is -1.63. The highest BCUT2D eigenvalue weighted by Gasteiger charge is 2.33. The Hall–Kier alpha value is -2.59. The van der Waals surface area contributed by atoms with E-state index in [1.807, 2.05) is 0 Å². The third-order valence-corrected chi connectivity index (χ3v) is 3.14. The Bertz CT molecular complexity index is 750. The SMILES string of the molecule is O=C(NCc1ccc(B(O)O)cc1)c1ccc(F)cc1OC(F)(F)F. The lowest BCUT2D eigenvalue weighted by Crippen LogP contribution is -2.30. The van der Waals surface area contributed by atoms with Crippen LogP contribution in [-0.2, 0) is 6.54 Å². The van der Waals surface area contributed by atoms with Gasteiger partial charge in [-0.3, -0.25) is 4.79 Å². The summed E-state index contributed by atoms with van der Waals surface area (Å²) in [5.41, 5.74) is 0.341. The van der Waals surface area contributed by atoms with E-state index in [1.165, 1.54) is 24.3 Å². The molecule has 0 aromatic heterocycles. The summed E-state index contributed by atoms with van der Waals surface area (Å²) in [5.74, 6) is -2.80. The van der Waals surface area contributed by atoms with E-state index in [2.05, 4.69) is 10.1 Å². The lowest BCUT2D eigenvalue weighted by atomic mass is 9.80. The molecule has 0 fully saturated rings. The van der Waals surface area contributed by atoms with E-state index in [-0.39, 0.29) is 12.0 Å². The Balaban J connectivity index is 2.10. The molecular formula is C15H12BF4NO4. The van der Waals surface area contributed by atoms with Gasteiger partial charge in [-0.15, -0.1) is 13.2 Å². The lowest BCUT2D eigenvalue weighted by Gasteiger charge is -2.13. The van der Waals surface area contributed by atoms with Crippen LogP contribution in [0.1, 0.15) is 15.9 Å². The van der Waals surface area contributed by atoms with Crippen LogP contribution in [0.3, 0.4) is 0 Å². The van der Waals surface area contributed by atoms with Gasteiger partial charge in [0.15, 0.2) is 0 Å². The van der Waals surface area contributed by atoms with Crippen molar-refractivity contribution in [3.8, 4) is 5.75 Å². The number of carbonyl (C=O) groups is 1. The van der Waals surface area contributed by atoms with Crippen molar-refractivity contribution in [2.24, 2.45) is 0 Å². The lowest BCUT2D eigenvalue weighted by molar-refractivity contribution is -0.274. The third-order valence-electron chi connectivity index (χ3n) is 3.14. The standard InChI is InChI=1S/C15H12BF4NO4/c17-11-5-6-12(13(7-11)25-15(18,19)20)14(22)21-8-9-1-3-10(4-2-9)16(23)24/h1-7,23-24H,8H2,(H,21,22). The van der Waals surface area contributed by atoms with Gasteiger partial charge in [0, 0.05) is 12.6 Å². The van der Waals surface area contributed by atoms with Crippen LogP contribution < -0.4 is 15.5 Å². The minimum atomic E-state index is -5.07. The molecule has 2 rings (SSSR count). The number of benzene rings is 2. The Morgan fingerprint density at radius 3 is 2.32 bits per heavy atom. The zero-order valence-corrected chi connectivity index (χ0v) is 12.5. The van der Waals surface area contributed by atoms with Crippen LogP contribution in [0.15, 0.2) is 42.5 Å². The quantitative estimate of drug-likeness (QED) is 0.558. The number of hydrogen-bond acceptors (Lipinski definition) is 4. The Labute approximate surface area is 140 Å². The van der Waals surface area contributed by atoms with Crippen molar-refractivity contribution < 1.29 is 37.1 Å². The normalized spacial score (nSPS) is 11.1. The molecule has 0 heterocycles. The van der Waals surface area contributed by atoms with Crippen LogP contribution in [0.2, 0.25) is 0 Å². The predicted molar refractivity (Wildman–Crippen MR) is 80.5 cm³/mol. The molecule has 2 aromatic rings. The highest BCUT2D eigenvalue weighted by molar-refractivity contribution is 6.58. The van der Waals surface area contributed by atoms with Crippen molar-refractivity contribution in [3.63, 3.8) is 0 Å². The Kier molecular flexibility index (Phi) is 5.65. The molecule has 0 aliphatic heterocycles. The van der Waals surface area contributed by atoms with E-state index in [1.54, 1.807) is 0 Å². The van der Waals surface area contributed by atoms with Crippen molar-refractivity contribution in [1.29, 1.82) is 0 Å². The van der Waals surface area contributed by atoms with Crippen LogP contribution in [0.4, 0.5) is 17.6 Å². The number of alkyl halides is 3. The van der Waals surface area contributed by atoms with Gasteiger partial charge in [-0.2, -0.15) is 0 Å². The number of halogens is 4. The fraction of sp³-hybridized carbons (Fsp3) is 0.133. The molecule has 0 aliphatic carbocycles. The second kappa shape index (κ2) is 7.54. The molecule has 3 N–H and O–H groups in total. The molecule has 10 heteroatoms. The van der Waals surface area contributed by atoms with Gasteiger partial charge < -0.3 is 20.1 Å². The van der Waals surface area contributed by atoms with E-state index >= 15 is 0 Å². The van der Waals surface area contributed by atoms with Crippen LogP contribution in [0.5, 0.6) is 5.75 Å². The summed E-state index contributed by atoms with van der Waals surface area (Å²) < 4.78 is 53.9. The van der Waals surface area contributed by atoms with Gasteiger partial charge in [-0.25, -0.2) is 4.39 Å². The maximum Gasteiger partial charge on any atom is 0.573 e. The van der Waals surface area contributed by atoms with Gasteiger partial charge in [-0.05, 0) is 23.2 Å². The molecule has 0 radical (unpaired) electrons. The first kappa shape index (κ1) is 18.7. The van der Waals surface area contributed by atoms with Gasteiger partial charge in [0.05, 0.1) is 5.56 Å². The molecule has 1 amide bonds. The third kappa shape index (κ3) is 5.47. The van der Waals surface area contributed by atoms with Crippen LogP contribution in [0, 0.1) is 5.82 Å². The van der Waals surface area contributed by atoms with Gasteiger partial charge >= 0.3 is 13.5 Å². The number of hydrogen-bond donors (Lipinski definition) is 3. The highest BCUT2D eigenvalue weighted by atomic mass is 19.4. The molecule has 0 unspecified atom stereocenters. The van der Waals surface area contributed by atoms with Crippen molar-refractivity contribution in [2.45, 2.75) is 12.9 Å². The summed E-state index contributed by atoms with van der Waals surface area (Å²) in [6.07, 6.45) is -5.07. The molecular weight excluding hydrogens is 345 g/mol. The molecule has 2 aromatic carbocycles. The monoisotopic (exact) mass is 357 g/mol.